The van der Waals surface area contributed by atoms with Crippen molar-refractivity contribution >= 4 is 22.8 Å². The maximum absolute atomic E-state index is 9.21. The molecule has 5 nitrogen and oxygen atoms in total. The molecule has 0 fully saturated rings. The number of nitrogens with zero attached hydrogens (tertiary/aromatic N) is 3. The van der Waals surface area contributed by atoms with Gasteiger partial charge in [-0.1, -0.05) is 11.8 Å². The van der Waals surface area contributed by atoms with Crippen LogP contribution in [0.3, 0.4) is 0 Å². The number of hydrogen-bond donors (Lipinski definition) is 2. The third-order valence-corrected chi connectivity index (χ3v) is 3.29. The fourth-order valence-corrected chi connectivity index (χ4v) is 2.30. The molecular formula is C11H8N4OS. The molecule has 0 atom stereocenters. The lowest BCUT2D eigenvalue weighted by Crippen LogP contribution is -1.84. The fourth-order valence-electron chi connectivity index (χ4n) is 1.45. The molecule has 0 spiro atoms. The highest BCUT2D eigenvalue weighted by molar-refractivity contribution is 7.99. The maximum atomic E-state index is 9.21. The standard InChI is InChI=1S/C11H8N4OS/c16-7-1-3-8(4-2-7)17-11-9-5-14-15-10(9)12-6-13-11/h1-6,16H,(H,12,13,14,15). The SMILES string of the molecule is Oc1ccc(Sc2ncnc3[nH]ncc23)cc1. The molecule has 2 N–H and O–H groups in total. The predicted octanol–water partition coefficient (Wildman–Crippen LogP) is 2.21. The van der Waals surface area contributed by atoms with Crippen molar-refractivity contribution < 1.29 is 5.11 Å². The summed E-state index contributed by atoms with van der Waals surface area (Å²) in [6.45, 7) is 0. The Balaban J connectivity index is 1.99. The zero-order valence-corrected chi connectivity index (χ0v) is 9.48. The van der Waals surface area contributed by atoms with E-state index < -0.39 is 0 Å². The van der Waals surface area contributed by atoms with Gasteiger partial charge in [0.15, 0.2) is 5.65 Å². The molecule has 1 aromatic carbocycles. The Bertz CT molecular complexity index is 650. The first-order chi connectivity index (χ1) is 8.33. The minimum atomic E-state index is 0.255. The molecule has 0 unspecified atom stereocenters. The van der Waals surface area contributed by atoms with E-state index in [1.165, 1.54) is 18.1 Å². The molecule has 0 aliphatic rings. The normalized spacial score (nSPS) is 10.8. The van der Waals surface area contributed by atoms with Gasteiger partial charge in [-0.2, -0.15) is 5.10 Å². The molecule has 0 saturated heterocycles. The van der Waals surface area contributed by atoms with Gasteiger partial charge in [-0.3, -0.25) is 5.10 Å². The molecule has 17 heavy (non-hydrogen) atoms. The highest BCUT2D eigenvalue weighted by Gasteiger charge is 2.06. The first-order valence-electron chi connectivity index (χ1n) is 4.94. The van der Waals surface area contributed by atoms with Crippen LogP contribution in [-0.2, 0) is 0 Å². The van der Waals surface area contributed by atoms with Gasteiger partial charge in [0.2, 0.25) is 0 Å². The minimum Gasteiger partial charge on any atom is -0.508 e. The number of phenols is 1. The van der Waals surface area contributed by atoms with Gasteiger partial charge in [0.25, 0.3) is 0 Å². The Labute approximate surface area is 101 Å². The van der Waals surface area contributed by atoms with Crippen molar-refractivity contribution in [2.75, 3.05) is 0 Å². The number of H-pyrrole nitrogens is 1. The Hall–Kier alpha value is -2.08. The predicted molar refractivity (Wildman–Crippen MR) is 63.9 cm³/mol. The minimum absolute atomic E-state index is 0.255. The van der Waals surface area contributed by atoms with Crippen LogP contribution in [0.5, 0.6) is 5.75 Å². The van der Waals surface area contributed by atoms with Crippen molar-refractivity contribution in [1.82, 2.24) is 20.2 Å². The molecule has 0 saturated carbocycles. The largest absolute Gasteiger partial charge is 0.508 e. The molecule has 2 heterocycles. The van der Waals surface area contributed by atoms with Crippen LogP contribution in [0.2, 0.25) is 0 Å². The van der Waals surface area contributed by atoms with E-state index in [1.807, 2.05) is 12.1 Å². The summed E-state index contributed by atoms with van der Waals surface area (Å²) in [7, 11) is 0. The molecule has 6 heteroatoms. The van der Waals surface area contributed by atoms with Gasteiger partial charge in [-0.05, 0) is 24.3 Å². The van der Waals surface area contributed by atoms with Crippen LogP contribution in [0.4, 0.5) is 0 Å². The summed E-state index contributed by atoms with van der Waals surface area (Å²) in [5.41, 5.74) is 0.723. The molecule has 0 amide bonds. The number of phenolic OH excluding ortho intramolecular Hbond substituents is 1. The van der Waals surface area contributed by atoms with E-state index in [9.17, 15) is 5.11 Å². The van der Waals surface area contributed by atoms with Gasteiger partial charge in [0.1, 0.15) is 17.1 Å². The fraction of sp³-hybridized carbons (Fsp3) is 0. The van der Waals surface area contributed by atoms with Crippen LogP contribution >= 0.6 is 11.8 Å². The Kier molecular flexibility index (Phi) is 2.41. The van der Waals surface area contributed by atoms with Crippen LogP contribution in [-0.4, -0.2) is 25.3 Å². The van der Waals surface area contributed by atoms with E-state index >= 15 is 0 Å². The second-order valence-electron chi connectivity index (χ2n) is 3.41. The molecular weight excluding hydrogens is 236 g/mol. The summed E-state index contributed by atoms with van der Waals surface area (Å²) in [4.78, 5) is 9.30. The summed E-state index contributed by atoms with van der Waals surface area (Å²) in [6, 6.07) is 6.98. The summed E-state index contributed by atoms with van der Waals surface area (Å²) in [5, 5.41) is 17.7. The monoisotopic (exact) mass is 244 g/mol. The second-order valence-corrected chi connectivity index (χ2v) is 4.47. The van der Waals surface area contributed by atoms with Gasteiger partial charge in [-0.25, -0.2) is 9.97 Å². The highest BCUT2D eigenvalue weighted by Crippen LogP contribution is 2.30. The van der Waals surface area contributed by atoms with Gasteiger partial charge in [-0.15, -0.1) is 0 Å². The molecule has 3 rings (SSSR count). The lowest BCUT2D eigenvalue weighted by atomic mass is 10.3. The first kappa shape index (κ1) is 10.1. The van der Waals surface area contributed by atoms with Crippen molar-refractivity contribution in [1.29, 1.82) is 0 Å². The van der Waals surface area contributed by atoms with Crippen molar-refractivity contribution in [3.63, 3.8) is 0 Å². The van der Waals surface area contributed by atoms with Gasteiger partial charge < -0.3 is 5.11 Å². The third kappa shape index (κ3) is 1.94. The molecule has 0 aliphatic heterocycles. The molecule has 84 valence electrons. The topological polar surface area (TPSA) is 74.7 Å². The lowest BCUT2D eigenvalue weighted by Gasteiger charge is -2.01. The van der Waals surface area contributed by atoms with Gasteiger partial charge in [0, 0.05) is 4.90 Å². The lowest BCUT2D eigenvalue weighted by molar-refractivity contribution is 0.475. The smallest absolute Gasteiger partial charge is 0.159 e. The average molecular weight is 244 g/mol. The van der Waals surface area contributed by atoms with Crippen LogP contribution in [0.15, 0.2) is 46.7 Å². The Morgan fingerprint density at radius 3 is 2.76 bits per heavy atom. The van der Waals surface area contributed by atoms with Crippen LogP contribution < -0.4 is 0 Å². The third-order valence-electron chi connectivity index (χ3n) is 2.26. The van der Waals surface area contributed by atoms with Crippen molar-refractivity contribution in [3.05, 3.63) is 36.8 Å². The van der Waals surface area contributed by atoms with Crippen LogP contribution in [0.1, 0.15) is 0 Å². The second kappa shape index (κ2) is 4.06. The van der Waals surface area contributed by atoms with Gasteiger partial charge >= 0.3 is 0 Å². The number of aromatic hydroxyl groups is 1. The zero-order chi connectivity index (χ0) is 11.7. The summed E-state index contributed by atoms with van der Waals surface area (Å²) in [6.07, 6.45) is 3.21. The number of benzene rings is 1. The van der Waals surface area contributed by atoms with Crippen molar-refractivity contribution in [3.8, 4) is 5.75 Å². The van der Waals surface area contributed by atoms with E-state index in [2.05, 4.69) is 20.2 Å². The van der Waals surface area contributed by atoms with E-state index in [1.54, 1.807) is 18.3 Å². The number of aromatic nitrogens is 4. The number of fused-ring (bicyclic) bond motifs is 1. The molecule has 3 aromatic rings. The number of hydrogen-bond acceptors (Lipinski definition) is 5. The molecule has 0 radical (unpaired) electrons. The highest BCUT2D eigenvalue weighted by atomic mass is 32.2. The zero-order valence-electron chi connectivity index (χ0n) is 8.66. The van der Waals surface area contributed by atoms with Crippen LogP contribution in [0.25, 0.3) is 11.0 Å². The first-order valence-corrected chi connectivity index (χ1v) is 5.75. The van der Waals surface area contributed by atoms with Crippen LogP contribution in [0, 0.1) is 0 Å². The number of aromatic amines is 1. The maximum Gasteiger partial charge on any atom is 0.159 e. The quantitative estimate of drug-likeness (QED) is 0.676. The summed E-state index contributed by atoms with van der Waals surface area (Å²) in [5.74, 6) is 0.255. The molecule has 0 aliphatic carbocycles. The van der Waals surface area contributed by atoms with E-state index in [4.69, 9.17) is 0 Å². The van der Waals surface area contributed by atoms with Crippen molar-refractivity contribution in [2.45, 2.75) is 9.92 Å². The summed E-state index contributed by atoms with van der Waals surface area (Å²) < 4.78 is 0. The van der Waals surface area contributed by atoms with E-state index in [0.717, 1.165) is 21.0 Å². The Morgan fingerprint density at radius 2 is 1.94 bits per heavy atom. The molecule has 0 bridgehead atoms. The number of nitrogens with one attached hydrogen (secondary N) is 1. The average Bonchev–Trinajstić information content (AvgIpc) is 2.81. The number of rotatable bonds is 2. The molecule has 2 aromatic heterocycles. The Morgan fingerprint density at radius 1 is 1.12 bits per heavy atom. The summed E-state index contributed by atoms with van der Waals surface area (Å²) >= 11 is 1.51. The van der Waals surface area contributed by atoms with Gasteiger partial charge in [0.05, 0.1) is 11.6 Å². The van der Waals surface area contributed by atoms with E-state index in [-0.39, 0.29) is 5.75 Å². The van der Waals surface area contributed by atoms with E-state index in [0.29, 0.717) is 0 Å². The van der Waals surface area contributed by atoms with Crippen molar-refractivity contribution in [2.24, 2.45) is 0 Å².